The van der Waals surface area contributed by atoms with Gasteiger partial charge in [0.1, 0.15) is 5.69 Å². The van der Waals surface area contributed by atoms with Gasteiger partial charge in [0.25, 0.3) is 11.7 Å². The number of rotatable bonds is 5. The summed E-state index contributed by atoms with van der Waals surface area (Å²) in [6, 6.07) is 3.65. The molecule has 0 saturated carbocycles. The first-order valence-corrected chi connectivity index (χ1v) is 9.26. The Kier molecular flexibility index (Phi) is 4.85. The molecule has 27 heavy (non-hydrogen) atoms. The van der Waals surface area contributed by atoms with Gasteiger partial charge in [0.05, 0.1) is 12.2 Å². The van der Waals surface area contributed by atoms with Crippen molar-refractivity contribution in [1.82, 2.24) is 39.6 Å². The topological polar surface area (TPSA) is 93.2 Å². The Morgan fingerprint density at radius 2 is 2.26 bits per heavy atom. The van der Waals surface area contributed by atoms with E-state index in [0.29, 0.717) is 30.5 Å². The van der Waals surface area contributed by atoms with E-state index in [2.05, 4.69) is 30.4 Å². The van der Waals surface area contributed by atoms with Crippen LogP contribution < -0.4 is 5.32 Å². The molecule has 0 spiro atoms. The number of nitrogens with one attached hydrogen (secondary N) is 1. The van der Waals surface area contributed by atoms with Crippen molar-refractivity contribution in [2.75, 3.05) is 19.6 Å². The average molecular weight is 368 g/mol. The number of aryl methyl sites for hydroxylation is 2. The van der Waals surface area contributed by atoms with Gasteiger partial charge in [0.15, 0.2) is 5.82 Å². The van der Waals surface area contributed by atoms with Crippen LogP contribution in [0.25, 0.3) is 5.78 Å². The summed E-state index contributed by atoms with van der Waals surface area (Å²) < 4.78 is 3.33. The zero-order valence-corrected chi connectivity index (χ0v) is 15.7. The molecule has 1 atom stereocenters. The second-order valence-corrected chi connectivity index (χ2v) is 7.14. The Bertz CT molecular complexity index is 913. The standard InChI is InChI=1S/C18H24N8O/c1-13-9-15(24(2)22-13)17(27)20-10-14-5-3-7-25(11-14)12-16-21-18-19-6-4-8-26(18)23-16/h4,6,8-9,14H,3,5,7,10-12H2,1-2H3,(H,20,27). The highest BCUT2D eigenvalue weighted by Crippen LogP contribution is 2.17. The molecule has 1 unspecified atom stereocenters. The molecule has 0 bridgehead atoms. The van der Waals surface area contributed by atoms with E-state index < -0.39 is 0 Å². The Hall–Kier alpha value is -2.81. The van der Waals surface area contributed by atoms with E-state index in [4.69, 9.17) is 0 Å². The van der Waals surface area contributed by atoms with Crippen molar-refractivity contribution in [3.63, 3.8) is 0 Å². The van der Waals surface area contributed by atoms with E-state index >= 15 is 0 Å². The highest BCUT2D eigenvalue weighted by Gasteiger charge is 2.22. The van der Waals surface area contributed by atoms with Crippen LogP contribution in [0.15, 0.2) is 24.5 Å². The van der Waals surface area contributed by atoms with E-state index in [9.17, 15) is 4.79 Å². The van der Waals surface area contributed by atoms with Gasteiger partial charge in [-0.15, -0.1) is 5.10 Å². The molecular weight excluding hydrogens is 344 g/mol. The Balaban J connectivity index is 1.32. The summed E-state index contributed by atoms with van der Waals surface area (Å²) in [7, 11) is 1.79. The van der Waals surface area contributed by atoms with Crippen molar-refractivity contribution in [1.29, 1.82) is 0 Å². The number of carbonyl (C=O) groups excluding carboxylic acids is 1. The maximum atomic E-state index is 12.4. The number of likely N-dealkylation sites (tertiary alicyclic amines) is 1. The SMILES string of the molecule is Cc1cc(C(=O)NCC2CCCN(Cc3nc4ncccn4n3)C2)n(C)n1. The highest BCUT2D eigenvalue weighted by molar-refractivity contribution is 5.92. The third-order valence-corrected chi connectivity index (χ3v) is 4.91. The zero-order chi connectivity index (χ0) is 18.8. The first-order chi connectivity index (χ1) is 13.1. The highest BCUT2D eigenvalue weighted by atomic mass is 16.2. The maximum Gasteiger partial charge on any atom is 0.269 e. The summed E-state index contributed by atoms with van der Waals surface area (Å²) in [5.74, 6) is 1.76. The van der Waals surface area contributed by atoms with Crippen LogP contribution in [0.4, 0.5) is 0 Å². The van der Waals surface area contributed by atoms with Crippen molar-refractivity contribution in [2.24, 2.45) is 13.0 Å². The van der Waals surface area contributed by atoms with Gasteiger partial charge in [-0.05, 0) is 44.4 Å². The molecule has 4 heterocycles. The summed E-state index contributed by atoms with van der Waals surface area (Å²) >= 11 is 0. The van der Waals surface area contributed by atoms with Crippen LogP contribution in [0.2, 0.25) is 0 Å². The second kappa shape index (κ2) is 7.43. The molecule has 1 aliphatic rings. The molecule has 3 aromatic heterocycles. The van der Waals surface area contributed by atoms with Gasteiger partial charge >= 0.3 is 0 Å². The average Bonchev–Trinajstić information content (AvgIpc) is 3.21. The molecular formula is C18H24N8O. The summed E-state index contributed by atoms with van der Waals surface area (Å²) in [5.41, 5.74) is 1.45. The van der Waals surface area contributed by atoms with Crippen LogP contribution in [0.3, 0.4) is 0 Å². The zero-order valence-electron chi connectivity index (χ0n) is 15.7. The first-order valence-electron chi connectivity index (χ1n) is 9.26. The van der Waals surface area contributed by atoms with Gasteiger partial charge in [-0.25, -0.2) is 9.50 Å². The number of hydrogen-bond acceptors (Lipinski definition) is 6. The molecule has 1 saturated heterocycles. The minimum Gasteiger partial charge on any atom is -0.350 e. The van der Waals surface area contributed by atoms with Crippen molar-refractivity contribution >= 4 is 11.7 Å². The van der Waals surface area contributed by atoms with Crippen LogP contribution in [-0.4, -0.2) is 59.8 Å². The summed E-state index contributed by atoms with van der Waals surface area (Å²) in [5, 5.41) is 11.8. The normalized spacial score (nSPS) is 18.1. The van der Waals surface area contributed by atoms with E-state index in [0.717, 1.165) is 37.4 Å². The van der Waals surface area contributed by atoms with Crippen molar-refractivity contribution in [2.45, 2.75) is 26.3 Å². The van der Waals surface area contributed by atoms with Gasteiger partial charge in [-0.2, -0.15) is 10.1 Å². The van der Waals surface area contributed by atoms with Crippen LogP contribution in [-0.2, 0) is 13.6 Å². The Labute approximate surface area is 157 Å². The van der Waals surface area contributed by atoms with Crippen LogP contribution in [0.1, 0.15) is 34.8 Å². The molecule has 0 aliphatic carbocycles. The quantitative estimate of drug-likeness (QED) is 0.716. The molecule has 1 aliphatic heterocycles. The van der Waals surface area contributed by atoms with E-state index in [1.807, 2.05) is 25.3 Å². The van der Waals surface area contributed by atoms with Crippen LogP contribution >= 0.6 is 0 Å². The van der Waals surface area contributed by atoms with Gasteiger partial charge in [-0.3, -0.25) is 14.4 Å². The van der Waals surface area contributed by atoms with Crippen LogP contribution in [0, 0.1) is 12.8 Å². The minimum absolute atomic E-state index is 0.0664. The lowest BCUT2D eigenvalue weighted by Gasteiger charge is -2.32. The Morgan fingerprint density at radius 1 is 1.37 bits per heavy atom. The number of hydrogen-bond donors (Lipinski definition) is 1. The molecule has 4 rings (SSSR count). The smallest absolute Gasteiger partial charge is 0.269 e. The molecule has 0 radical (unpaired) electrons. The number of carbonyl (C=O) groups is 1. The molecule has 1 amide bonds. The fourth-order valence-electron chi connectivity index (χ4n) is 3.66. The summed E-state index contributed by atoms with van der Waals surface area (Å²) in [6.45, 7) is 5.20. The molecule has 9 nitrogen and oxygen atoms in total. The molecule has 1 fully saturated rings. The number of aromatic nitrogens is 6. The van der Waals surface area contributed by atoms with Crippen molar-refractivity contribution < 1.29 is 4.79 Å². The maximum absolute atomic E-state index is 12.4. The van der Waals surface area contributed by atoms with Gasteiger partial charge in [-0.1, -0.05) is 0 Å². The number of fused-ring (bicyclic) bond motifs is 1. The fraction of sp³-hybridized carbons (Fsp3) is 0.500. The number of amides is 1. The van der Waals surface area contributed by atoms with Crippen LogP contribution in [0.5, 0.6) is 0 Å². The monoisotopic (exact) mass is 368 g/mol. The lowest BCUT2D eigenvalue weighted by atomic mass is 9.98. The minimum atomic E-state index is -0.0664. The molecule has 142 valence electrons. The van der Waals surface area contributed by atoms with E-state index in [1.54, 1.807) is 22.4 Å². The number of piperidine rings is 1. The van der Waals surface area contributed by atoms with Crippen molar-refractivity contribution in [3.8, 4) is 0 Å². The second-order valence-electron chi connectivity index (χ2n) is 7.14. The van der Waals surface area contributed by atoms with E-state index in [-0.39, 0.29) is 5.91 Å². The Morgan fingerprint density at radius 3 is 3.04 bits per heavy atom. The predicted molar refractivity (Wildman–Crippen MR) is 99.1 cm³/mol. The fourth-order valence-corrected chi connectivity index (χ4v) is 3.66. The number of nitrogens with zero attached hydrogens (tertiary/aromatic N) is 7. The van der Waals surface area contributed by atoms with Gasteiger partial charge in [0.2, 0.25) is 0 Å². The molecule has 3 aromatic rings. The van der Waals surface area contributed by atoms with E-state index in [1.165, 1.54) is 0 Å². The molecule has 9 heteroatoms. The largest absolute Gasteiger partial charge is 0.350 e. The van der Waals surface area contributed by atoms with Crippen molar-refractivity contribution in [3.05, 3.63) is 41.7 Å². The van der Waals surface area contributed by atoms with Gasteiger partial charge < -0.3 is 5.32 Å². The van der Waals surface area contributed by atoms with Gasteiger partial charge in [0, 0.05) is 32.5 Å². The summed E-state index contributed by atoms with van der Waals surface area (Å²) in [6.07, 6.45) is 5.79. The lowest BCUT2D eigenvalue weighted by Crippen LogP contribution is -2.41. The first kappa shape index (κ1) is 17.6. The molecule has 0 aromatic carbocycles. The third-order valence-electron chi connectivity index (χ3n) is 4.91. The predicted octanol–water partition coefficient (Wildman–Crippen LogP) is 0.808. The molecule has 1 N–H and O–H groups in total. The lowest BCUT2D eigenvalue weighted by molar-refractivity contribution is 0.0920. The third kappa shape index (κ3) is 3.97. The summed E-state index contributed by atoms with van der Waals surface area (Å²) in [4.78, 5) is 23.4.